The second-order valence-electron chi connectivity index (χ2n) is 3.22. The van der Waals surface area contributed by atoms with E-state index in [0.29, 0.717) is 0 Å². The molecule has 3 heteroatoms. The highest BCUT2D eigenvalue weighted by Crippen LogP contribution is 2.23. The SMILES string of the molecule is OCc1ccc(SCc2ccoc2)cc1. The van der Waals surface area contributed by atoms with Crippen LogP contribution in [0, 0.1) is 0 Å². The molecule has 0 saturated heterocycles. The lowest BCUT2D eigenvalue weighted by Gasteiger charge is -2.00. The fourth-order valence-electron chi connectivity index (χ4n) is 1.23. The van der Waals surface area contributed by atoms with Crippen molar-refractivity contribution in [3.63, 3.8) is 0 Å². The lowest BCUT2D eigenvalue weighted by molar-refractivity contribution is 0.282. The van der Waals surface area contributed by atoms with Gasteiger partial charge in [-0.25, -0.2) is 0 Å². The fraction of sp³-hybridized carbons (Fsp3) is 0.167. The van der Waals surface area contributed by atoms with Gasteiger partial charge in [0.25, 0.3) is 0 Å². The molecule has 0 bridgehead atoms. The van der Waals surface area contributed by atoms with E-state index in [-0.39, 0.29) is 6.61 Å². The Hall–Kier alpha value is -1.19. The first-order valence-corrected chi connectivity index (χ1v) is 5.71. The average molecular weight is 220 g/mol. The first-order chi connectivity index (χ1) is 7.38. The molecule has 0 spiro atoms. The number of hydrogen-bond acceptors (Lipinski definition) is 3. The molecule has 1 heterocycles. The van der Waals surface area contributed by atoms with Crippen LogP contribution < -0.4 is 0 Å². The first-order valence-electron chi connectivity index (χ1n) is 4.72. The van der Waals surface area contributed by atoms with Crippen molar-refractivity contribution >= 4 is 11.8 Å². The van der Waals surface area contributed by atoms with Crippen molar-refractivity contribution in [2.75, 3.05) is 0 Å². The van der Waals surface area contributed by atoms with Crippen molar-refractivity contribution in [2.45, 2.75) is 17.3 Å². The van der Waals surface area contributed by atoms with E-state index in [0.717, 1.165) is 11.3 Å². The van der Waals surface area contributed by atoms with Gasteiger partial charge in [0, 0.05) is 16.2 Å². The molecule has 2 nitrogen and oxygen atoms in total. The molecule has 0 amide bonds. The van der Waals surface area contributed by atoms with Crippen LogP contribution in [-0.4, -0.2) is 5.11 Å². The highest BCUT2D eigenvalue weighted by atomic mass is 32.2. The van der Waals surface area contributed by atoms with Gasteiger partial charge in [-0.3, -0.25) is 0 Å². The van der Waals surface area contributed by atoms with Gasteiger partial charge in [0.2, 0.25) is 0 Å². The molecule has 1 aromatic carbocycles. The molecule has 1 N–H and O–H groups in total. The normalized spacial score (nSPS) is 10.5. The van der Waals surface area contributed by atoms with Crippen LogP contribution >= 0.6 is 11.8 Å². The van der Waals surface area contributed by atoms with Crippen LogP contribution in [0.3, 0.4) is 0 Å². The number of aliphatic hydroxyl groups excluding tert-OH is 1. The van der Waals surface area contributed by atoms with Crippen LogP contribution in [0.5, 0.6) is 0 Å². The van der Waals surface area contributed by atoms with Crippen LogP contribution in [0.25, 0.3) is 0 Å². The summed E-state index contributed by atoms with van der Waals surface area (Å²) in [5, 5.41) is 8.89. The quantitative estimate of drug-likeness (QED) is 0.804. The van der Waals surface area contributed by atoms with Gasteiger partial charge < -0.3 is 9.52 Å². The average Bonchev–Trinajstić information content (AvgIpc) is 2.80. The second-order valence-corrected chi connectivity index (χ2v) is 4.27. The molecule has 2 rings (SSSR count). The van der Waals surface area contributed by atoms with Gasteiger partial charge in [-0.15, -0.1) is 11.8 Å². The highest BCUT2D eigenvalue weighted by molar-refractivity contribution is 7.98. The Morgan fingerprint density at radius 1 is 1.07 bits per heavy atom. The Labute approximate surface area is 92.9 Å². The van der Waals surface area contributed by atoms with Crippen LogP contribution in [0.2, 0.25) is 0 Å². The van der Waals surface area contributed by atoms with E-state index >= 15 is 0 Å². The van der Waals surface area contributed by atoms with Crippen molar-refractivity contribution < 1.29 is 9.52 Å². The third-order valence-electron chi connectivity index (χ3n) is 2.09. The van der Waals surface area contributed by atoms with Gasteiger partial charge in [-0.1, -0.05) is 12.1 Å². The third kappa shape index (κ3) is 2.88. The lowest BCUT2D eigenvalue weighted by Crippen LogP contribution is -1.82. The third-order valence-corrected chi connectivity index (χ3v) is 3.17. The summed E-state index contributed by atoms with van der Waals surface area (Å²) in [6.07, 6.45) is 3.44. The van der Waals surface area contributed by atoms with Crippen LogP contribution in [0.4, 0.5) is 0 Å². The molecule has 15 heavy (non-hydrogen) atoms. The first kappa shape index (κ1) is 10.3. The number of aliphatic hydroxyl groups is 1. The fourth-order valence-corrected chi connectivity index (χ4v) is 2.06. The summed E-state index contributed by atoms with van der Waals surface area (Å²) in [4.78, 5) is 1.20. The Morgan fingerprint density at radius 3 is 2.47 bits per heavy atom. The van der Waals surface area contributed by atoms with Crippen LogP contribution in [-0.2, 0) is 12.4 Å². The zero-order valence-corrected chi connectivity index (χ0v) is 9.04. The predicted molar refractivity (Wildman–Crippen MR) is 60.6 cm³/mol. The van der Waals surface area contributed by atoms with E-state index in [2.05, 4.69) is 0 Å². The van der Waals surface area contributed by atoms with Gasteiger partial charge >= 0.3 is 0 Å². The molecule has 0 aliphatic rings. The molecule has 1 aromatic heterocycles. The van der Waals surface area contributed by atoms with E-state index in [9.17, 15) is 0 Å². The standard InChI is InChI=1S/C12H12O2S/c13-7-10-1-3-12(4-2-10)15-9-11-5-6-14-8-11/h1-6,8,13H,7,9H2. The Morgan fingerprint density at radius 2 is 1.87 bits per heavy atom. The number of benzene rings is 1. The molecule has 2 aromatic rings. The number of rotatable bonds is 4. The molecule has 0 saturated carbocycles. The van der Waals surface area contributed by atoms with Crippen LogP contribution in [0.15, 0.2) is 52.2 Å². The zero-order valence-electron chi connectivity index (χ0n) is 8.22. The Kier molecular flexibility index (Phi) is 3.48. The second kappa shape index (κ2) is 5.05. The van der Waals surface area contributed by atoms with E-state index in [1.807, 2.05) is 30.3 Å². The number of hydrogen-bond donors (Lipinski definition) is 1. The van der Waals surface area contributed by atoms with Crippen molar-refractivity contribution in [1.29, 1.82) is 0 Å². The monoisotopic (exact) mass is 220 g/mol. The van der Waals surface area contributed by atoms with Crippen molar-refractivity contribution in [1.82, 2.24) is 0 Å². The van der Waals surface area contributed by atoms with Crippen LogP contribution in [0.1, 0.15) is 11.1 Å². The molecular weight excluding hydrogens is 208 g/mol. The van der Waals surface area contributed by atoms with Gasteiger partial charge in [-0.05, 0) is 23.8 Å². The van der Waals surface area contributed by atoms with Gasteiger partial charge in [0.05, 0.1) is 19.1 Å². The maximum absolute atomic E-state index is 8.89. The Balaban J connectivity index is 1.93. The molecule has 0 unspecified atom stereocenters. The maximum Gasteiger partial charge on any atom is 0.0943 e. The number of thioether (sulfide) groups is 1. The molecule has 0 atom stereocenters. The smallest absolute Gasteiger partial charge is 0.0943 e. The summed E-state index contributed by atoms with van der Waals surface area (Å²) < 4.78 is 4.99. The van der Waals surface area contributed by atoms with Crippen molar-refractivity contribution in [2.24, 2.45) is 0 Å². The lowest BCUT2D eigenvalue weighted by atomic mass is 10.2. The van der Waals surface area contributed by atoms with Gasteiger partial charge in [0.15, 0.2) is 0 Å². The summed E-state index contributed by atoms with van der Waals surface area (Å²) in [5.74, 6) is 0.912. The summed E-state index contributed by atoms with van der Waals surface area (Å²) in [6.45, 7) is 0.104. The maximum atomic E-state index is 8.89. The van der Waals surface area contributed by atoms with E-state index < -0.39 is 0 Å². The molecular formula is C12H12O2S. The van der Waals surface area contributed by atoms with E-state index in [1.54, 1.807) is 24.3 Å². The van der Waals surface area contributed by atoms with Crippen molar-refractivity contribution in [3.05, 3.63) is 54.0 Å². The van der Waals surface area contributed by atoms with Crippen molar-refractivity contribution in [3.8, 4) is 0 Å². The molecule has 0 fully saturated rings. The highest BCUT2D eigenvalue weighted by Gasteiger charge is 1.97. The summed E-state index contributed by atoms with van der Waals surface area (Å²) in [7, 11) is 0. The largest absolute Gasteiger partial charge is 0.472 e. The molecule has 78 valence electrons. The van der Waals surface area contributed by atoms with Gasteiger partial charge in [-0.2, -0.15) is 0 Å². The predicted octanol–water partition coefficient (Wildman–Crippen LogP) is 3.06. The minimum atomic E-state index is 0.104. The zero-order chi connectivity index (χ0) is 10.5. The molecule has 0 aliphatic carbocycles. The topological polar surface area (TPSA) is 33.4 Å². The summed E-state index contributed by atoms with van der Waals surface area (Å²) in [6, 6.07) is 9.90. The molecule has 0 aliphatic heterocycles. The van der Waals surface area contributed by atoms with E-state index in [4.69, 9.17) is 9.52 Å². The number of furan rings is 1. The summed E-state index contributed by atoms with van der Waals surface area (Å²) >= 11 is 1.76. The summed E-state index contributed by atoms with van der Waals surface area (Å²) in [5.41, 5.74) is 2.13. The molecule has 0 radical (unpaired) electrons. The minimum absolute atomic E-state index is 0.104. The van der Waals surface area contributed by atoms with E-state index in [1.165, 1.54) is 10.5 Å². The Bertz CT molecular complexity index is 392. The minimum Gasteiger partial charge on any atom is -0.472 e. The van der Waals surface area contributed by atoms with Gasteiger partial charge in [0.1, 0.15) is 0 Å².